The van der Waals surface area contributed by atoms with Gasteiger partial charge < -0.3 is 14.2 Å². The highest BCUT2D eigenvalue weighted by molar-refractivity contribution is 7.14. The van der Waals surface area contributed by atoms with Crippen molar-refractivity contribution in [1.29, 1.82) is 0 Å². The minimum absolute atomic E-state index is 0.127. The number of nitrogens with one attached hydrogen (secondary N) is 1. The number of rotatable bonds is 10. The van der Waals surface area contributed by atoms with Gasteiger partial charge in [0.2, 0.25) is 0 Å². The molecule has 0 aliphatic heterocycles. The largest absolute Gasteiger partial charge is 0.493 e. The average molecular weight is 503 g/mol. The zero-order valence-electron chi connectivity index (χ0n) is 20.0. The average Bonchev–Trinajstić information content (AvgIpc) is 3.39. The number of thiazole rings is 1. The molecule has 3 aromatic carbocycles. The van der Waals surface area contributed by atoms with Crippen LogP contribution in [0, 0.1) is 0 Å². The quantitative estimate of drug-likeness (QED) is 0.287. The van der Waals surface area contributed by atoms with Crippen LogP contribution in [0.1, 0.15) is 23.5 Å². The summed E-state index contributed by atoms with van der Waals surface area (Å²) in [7, 11) is 3.14. The highest BCUT2D eigenvalue weighted by Gasteiger charge is 2.20. The third kappa shape index (κ3) is 6.28. The molecule has 0 bridgehead atoms. The first-order chi connectivity index (χ1) is 17.6. The topological polar surface area (TPSA) is 86.8 Å². The molecular weight excluding hydrogens is 476 g/mol. The van der Waals surface area contributed by atoms with Crippen LogP contribution in [0.3, 0.4) is 0 Å². The van der Waals surface area contributed by atoms with Gasteiger partial charge in [0.15, 0.2) is 23.2 Å². The molecule has 7 nitrogen and oxygen atoms in total. The van der Waals surface area contributed by atoms with Crippen molar-refractivity contribution in [2.24, 2.45) is 0 Å². The normalized spacial score (nSPS) is 10.6. The van der Waals surface area contributed by atoms with Gasteiger partial charge in [-0.25, -0.2) is 4.98 Å². The zero-order valence-corrected chi connectivity index (χ0v) is 20.8. The van der Waals surface area contributed by atoms with E-state index in [9.17, 15) is 9.59 Å². The van der Waals surface area contributed by atoms with Crippen LogP contribution in [0.5, 0.6) is 11.5 Å². The monoisotopic (exact) mass is 502 g/mol. The van der Waals surface area contributed by atoms with Crippen LogP contribution in [-0.2, 0) is 14.3 Å². The second-order valence-electron chi connectivity index (χ2n) is 7.89. The number of esters is 1. The van der Waals surface area contributed by atoms with Crippen molar-refractivity contribution >= 4 is 28.3 Å². The first-order valence-electron chi connectivity index (χ1n) is 11.3. The molecule has 0 saturated heterocycles. The van der Waals surface area contributed by atoms with E-state index in [1.807, 2.05) is 78.2 Å². The van der Waals surface area contributed by atoms with Crippen LogP contribution in [0.2, 0.25) is 0 Å². The maximum atomic E-state index is 12.6. The maximum Gasteiger partial charge on any atom is 0.307 e. The molecule has 0 aliphatic rings. The fourth-order valence-electron chi connectivity index (χ4n) is 3.79. The summed E-state index contributed by atoms with van der Waals surface area (Å²) in [5, 5.41) is 4.93. The molecule has 1 aromatic heterocycles. The maximum absolute atomic E-state index is 12.6. The number of hydrogen-bond donors (Lipinski definition) is 1. The van der Waals surface area contributed by atoms with Crippen molar-refractivity contribution in [2.45, 2.75) is 12.3 Å². The Hall–Kier alpha value is -4.17. The van der Waals surface area contributed by atoms with Crippen LogP contribution in [0.25, 0.3) is 11.3 Å². The Morgan fingerprint density at radius 3 is 2.14 bits per heavy atom. The van der Waals surface area contributed by atoms with Crippen LogP contribution >= 0.6 is 11.3 Å². The number of aromatic nitrogens is 1. The summed E-state index contributed by atoms with van der Waals surface area (Å²) in [4.78, 5) is 29.5. The predicted molar refractivity (Wildman–Crippen MR) is 140 cm³/mol. The second-order valence-corrected chi connectivity index (χ2v) is 8.75. The van der Waals surface area contributed by atoms with E-state index in [1.165, 1.54) is 11.3 Å². The van der Waals surface area contributed by atoms with Crippen LogP contribution in [0.4, 0.5) is 5.13 Å². The van der Waals surface area contributed by atoms with E-state index in [2.05, 4.69) is 10.3 Å². The summed E-state index contributed by atoms with van der Waals surface area (Å²) in [6.45, 7) is -0.388. The number of amides is 1. The summed E-state index contributed by atoms with van der Waals surface area (Å²) < 4.78 is 15.9. The predicted octanol–water partition coefficient (Wildman–Crippen LogP) is 5.53. The highest BCUT2D eigenvalue weighted by Crippen LogP contribution is 2.33. The van der Waals surface area contributed by atoms with E-state index in [0.717, 1.165) is 16.7 Å². The molecule has 0 unspecified atom stereocenters. The van der Waals surface area contributed by atoms with E-state index < -0.39 is 11.9 Å². The van der Waals surface area contributed by atoms with Gasteiger partial charge in [-0.3, -0.25) is 14.9 Å². The molecule has 1 N–H and O–H groups in total. The Balaban J connectivity index is 1.34. The fraction of sp³-hybridized carbons (Fsp3) is 0.179. The standard InChI is InChI=1S/C28H26N2O5S/c1-33-24-14-13-21(15-25(24)34-2)23-18-36-28(29-23)30-26(31)17-35-27(32)16-22(19-9-5-3-6-10-19)20-11-7-4-8-12-20/h3-15,18,22H,16-17H2,1-2H3,(H,29,30,31). The molecule has 184 valence electrons. The van der Waals surface area contributed by atoms with Gasteiger partial charge in [-0.15, -0.1) is 11.3 Å². The van der Waals surface area contributed by atoms with E-state index in [4.69, 9.17) is 14.2 Å². The summed E-state index contributed by atoms with van der Waals surface area (Å²) in [6.07, 6.45) is 0.127. The van der Waals surface area contributed by atoms with Gasteiger partial charge >= 0.3 is 5.97 Å². The van der Waals surface area contributed by atoms with Gasteiger partial charge in [0.05, 0.1) is 26.3 Å². The van der Waals surface area contributed by atoms with Gasteiger partial charge in [0.1, 0.15) is 0 Å². The molecule has 0 fully saturated rings. The molecule has 36 heavy (non-hydrogen) atoms. The van der Waals surface area contributed by atoms with Gasteiger partial charge in [-0.05, 0) is 29.3 Å². The van der Waals surface area contributed by atoms with E-state index in [-0.39, 0.29) is 18.9 Å². The number of benzene rings is 3. The number of methoxy groups -OCH3 is 2. The van der Waals surface area contributed by atoms with Crippen LogP contribution < -0.4 is 14.8 Å². The van der Waals surface area contributed by atoms with Gasteiger partial charge in [-0.1, -0.05) is 60.7 Å². The van der Waals surface area contributed by atoms with Crippen molar-refractivity contribution in [1.82, 2.24) is 4.98 Å². The first-order valence-corrected chi connectivity index (χ1v) is 12.2. The lowest BCUT2D eigenvalue weighted by molar-refractivity contribution is -0.147. The number of nitrogens with zero attached hydrogens (tertiary/aromatic N) is 1. The zero-order chi connectivity index (χ0) is 25.3. The molecule has 0 aliphatic carbocycles. The van der Waals surface area contributed by atoms with E-state index in [0.29, 0.717) is 22.3 Å². The Kier molecular flexibility index (Phi) is 8.31. The number of carbonyl (C=O) groups excluding carboxylic acids is 2. The molecule has 4 rings (SSSR count). The van der Waals surface area contributed by atoms with Gasteiger partial charge in [0.25, 0.3) is 5.91 Å². The molecular formula is C28H26N2O5S. The summed E-state index contributed by atoms with van der Waals surface area (Å²) in [5.74, 6) is 0.143. The molecule has 0 spiro atoms. The highest BCUT2D eigenvalue weighted by atomic mass is 32.1. The summed E-state index contributed by atoms with van der Waals surface area (Å²) in [5.41, 5.74) is 3.52. The Morgan fingerprint density at radius 2 is 1.53 bits per heavy atom. The Bertz CT molecular complexity index is 1270. The van der Waals surface area contributed by atoms with Crippen molar-refractivity contribution in [3.8, 4) is 22.8 Å². The van der Waals surface area contributed by atoms with Crippen LogP contribution in [-0.4, -0.2) is 37.7 Å². The minimum Gasteiger partial charge on any atom is -0.493 e. The number of ether oxygens (including phenoxy) is 3. The summed E-state index contributed by atoms with van der Waals surface area (Å²) in [6, 6.07) is 25.0. The van der Waals surface area contributed by atoms with Gasteiger partial charge in [-0.2, -0.15) is 0 Å². The second kappa shape index (κ2) is 12.0. The third-order valence-electron chi connectivity index (χ3n) is 5.57. The fourth-order valence-corrected chi connectivity index (χ4v) is 4.52. The third-order valence-corrected chi connectivity index (χ3v) is 6.33. The Labute approximate surface area is 213 Å². The number of anilines is 1. The van der Waals surface area contributed by atoms with Crippen molar-refractivity contribution in [3.05, 3.63) is 95.4 Å². The minimum atomic E-state index is -0.451. The molecule has 4 aromatic rings. The van der Waals surface area contributed by atoms with Crippen molar-refractivity contribution < 1.29 is 23.8 Å². The molecule has 0 saturated carbocycles. The molecule has 0 atom stereocenters. The molecule has 0 radical (unpaired) electrons. The van der Waals surface area contributed by atoms with E-state index in [1.54, 1.807) is 20.3 Å². The van der Waals surface area contributed by atoms with Crippen molar-refractivity contribution in [3.63, 3.8) is 0 Å². The molecule has 8 heteroatoms. The van der Waals surface area contributed by atoms with Crippen molar-refractivity contribution in [2.75, 3.05) is 26.1 Å². The van der Waals surface area contributed by atoms with Crippen LogP contribution in [0.15, 0.2) is 84.2 Å². The molecule has 1 amide bonds. The smallest absolute Gasteiger partial charge is 0.307 e. The Morgan fingerprint density at radius 1 is 0.889 bits per heavy atom. The van der Waals surface area contributed by atoms with E-state index >= 15 is 0 Å². The lowest BCUT2D eigenvalue weighted by atomic mass is 9.89. The van der Waals surface area contributed by atoms with Gasteiger partial charge in [0, 0.05) is 16.9 Å². The molecule has 1 heterocycles. The first kappa shape index (κ1) is 24.9. The number of carbonyl (C=O) groups is 2. The lowest BCUT2D eigenvalue weighted by Gasteiger charge is -2.17. The SMILES string of the molecule is COc1ccc(-c2csc(NC(=O)COC(=O)CC(c3ccccc3)c3ccccc3)n2)cc1OC. The summed E-state index contributed by atoms with van der Waals surface area (Å²) >= 11 is 1.28. The number of hydrogen-bond acceptors (Lipinski definition) is 7. The lowest BCUT2D eigenvalue weighted by Crippen LogP contribution is -2.22.